The third-order valence-electron chi connectivity index (χ3n) is 5.50. The smallest absolute Gasteiger partial charge is 0.230 e. The predicted octanol–water partition coefficient (Wildman–Crippen LogP) is 5.70. The molecule has 3 heteroatoms. The van der Waals surface area contributed by atoms with Crippen LogP contribution in [-0.2, 0) is 4.57 Å². The van der Waals surface area contributed by atoms with Crippen molar-refractivity contribution in [2.24, 2.45) is 0 Å². The molecular formula is C25H20NOP. The summed E-state index contributed by atoms with van der Waals surface area (Å²) in [4.78, 5) is 0. The normalized spacial score (nSPS) is 17.7. The van der Waals surface area contributed by atoms with E-state index in [0.29, 0.717) is 0 Å². The maximum atomic E-state index is 14.5. The monoisotopic (exact) mass is 381 g/mol. The molecule has 1 aliphatic heterocycles. The SMILES string of the molecule is CN1c2cccc(-c3ccccc3)c2-c2ccccc2P1(=O)c1ccccc1. The minimum Gasteiger partial charge on any atom is -0.318 e. The fraction of sp³-hybridized carbons (Fsp3) is 0.0400. The first-order chi connectivity index (χ1) is 13.7. The fourth-order valence-corrected chi connectivity index (χ4v) is 6.95. The zero-order chi connectivity index (χ0) is 19.1. The van der Waals surface area contributed by atoms with Crippen LogP contribution in [0, 0.1) is 0 Å². The Morgan fingerprint density at radius 2 is 1.25 bits per heavy atom. The van der Waals surface area contributed by atoms with Gasteiger partial charge in [-0.2, -0.15) is 0 Å². The molecule has 0 amide bonds. The first kappa shape index (κ1) is 17.0. The van der Waals surface area contributed by atoms with Crippen LogP contribution in [0.25, 0.3) is 22.3 Å². The van der Waals surface area contributed by atoms with Crippen LogP contribution in [0.5, 0.6) is 0 Å². The molecule has 0 spiro atoms. The van der Waals surface area contributed by atoms with Crippen molar-refractivity contribution in [3.8, 4) is 22.3 Å². The summed E-state index contributed by atoms with van der Waals surface area (Å²) >= 11 is 0. The average molecular weight is 381 g/mol. The minimum atomic E-state index is -2.96. The third-order valence-corrected chi connectivity index (χ3v) is 8.61. The Morgan fingerprint density at radius 3 is 2.00 bits per heavy atom. The number of benzene rings is 4. The molecule has 1 heterocycles. The topological polar surface area (TPSA) is 20.3 Å². The number of fused-ring (bicyclic) bond motifs is 3. The molecule has 136 valence electrons. The van der Waals surface area contributed by atoms with E-state index in [4.69, 9.17) is 0 Å². The van der Waals surface area contributed by atoms with Crippen LogP contribution in [0.15, 0.2) is 103 Å². The summed E-state index contributed by atoms with van der Waals surface area (Å²) in [5, 5.41) is 1.76. The van der Waals surface area contributed by atoms with Crippen molar-refractivity contribution in [1.29, 1.82) is 0 Å². The highest BCUT2D eigenvalue weighted by Gasteiger charge is 2.40. The molecule has 0 saturated heterocycles. The molecule has 0 bridgehead atoms. The predicted molar refractivity (Wildman–Crippen MR) is 119 cm³/mol. The number of hydrogen-bond acceptors (Lipinski definition) is 1. The summed E-state index contributed by atoms with van der Waals surface area (Å²) < 4.78 is 16.5. The number of hydrogen-bond donors (Lipinski definition) is 0. The number of rotatable bonds is 2. The van der Waals surface area contributed by atoms with Gasteiger partial charge in [-0.3, -0.25) is 4.57 Å². The third kappa shape index (κ3) is 2.38. The molecule has 28 heavy (non-hydrogen) atoms. The van der Waals surface area contributed by atoms with E-state index >= 15 is 0 Å². The van der Waals surface area contributed by atoms with E-state index in [9.17, 15) is 4.57 Å². The highest BCUT2D eigenvalue weighted by atomic mass is 31.2. The molecule has 0 radical (unpaired) electrons. The van der Waals surface area contributed by atoms with Gasteiger partial charge in [-0.15, -0.1) is 0 Å². The first-order valence-electron chi connectivity index (χ1n) is 9.39. The van der Waals surface area contributed by atoms with E-state index in [2.05, 4.69) is 48.5 Å². The summed E-state index contributed by atoms with van der Waals surface area (Å²) in [5.41, 5.74) is 5.54. The Morgan fingerprint density at radius 1 is 0.643 bits per heavy atom. The maximum Gasteiger partial charge on any atom is 0.230 e. The quantitative estimate of drug-likeness (QED) is 0.415. The zero-order valence-corrected chi connectivity index (χ0v) is 16.5. The summed E-state index contributed by atoms with van der Waals surface area (Å²) in [5.74, 6) is 0. The van der Waals surface area contributed by atoms with Gasteiger partial charge in [0.25, 0.3) is 0 Å². The Bertz CT molecular complexity index is 1200. The summed E-state index contributed by atoms with van der Waals surface area (Å²) in [6.07, 6.45) is 0. The lowest BCUT2D eigenvalue weighted by Crippen LogP contribution is -2.34. The van der Waals surface area contributed by atoms with Gasteiger partial charge in [0.05, 0.1) is 5.69 Å². The second kappa shape index (κ2) is 6.51. The van der Waals surface area contributed by atoms with Crippen LogP contribution >= 0.6 is 7.29 Å². The molecular weight excluding hydrogens is 361 g/mol. The highest BCUT2D eigenvalue weighted by molar-refractivity contribution is 7.80. The van der Waals surface area contributed by atoms with Crippen LogP contribution in [0.4, 0.5) is 5.69 Å². The minimum absolute atomic E-state index is 0.862. The van der Waals surface area contributed by atoms with Gasteiger partial charge in [-0.05, 0) is 41.0 Å². The zero-order valence-electron chi connectivity index (χ0n) is 15.6. The molecule has 0 saturated carbocycles. The van der Waals surface area contributed by atoms with Gasteiger partial charge in [0.15, 0.2) is 0 Å². The highest BCUT2D eigenvalue weighted by Crippen LogP contribution is 2.58. The Kier molecular flexibility index (Phi) is 3.96. The Labute approximate surface area is 165 Å². The van der Waals surface area contributed by atoms with Crippen LogP contribution in [0.3, 0.4) is 0 Å². The fourth-order valence-electron chi connectivity index (χ4n) is 4.16. The van der Waals surface area contributed by atoms with Crippen LogP contribution in [-0.4, -0.2) is 7.05 Å². The maximum absolute atomic E-state index is 14.5. The molecule has 1 aliphatic rings. The molecule has 0 aliphatic carbocycles. The molecule has 0 fully saturated rings. The van der Waals surface area contributed by atoms with Gasteiger partial charge in [-0.25, -0.2) is 0 Å². The lowest BCUT2D eigenvalue weighted by Gasteiger charge is -2.38. The van der Waals surface area contributed by atoms with E-state index in [1.165, 1.54) is 5.56 Å². The number of nitrogens with zero attached hydrogens (tertiary/aromatic N) is 1. The molecule has 4 aromatic carbocycles. The van der Waals surface area contributed by atoms with E-state index < -0.39 is 7.29 Å². The summed E-state index contributed by atoms with van der Waals surface area (Å²) in [6.45, 7) is 0. The largest absolute Gasteiger partial charge is 0.318 e. The molecule has 1 unspecified atom stereocenters. The van der Waals surface area contributed by atoms with E-state index in [-0.39, 0.29) is 0 Å². The second-order valence-corrected chi connectivity index (χ2v) is 9.77. The molecule has 2 nitrogen and oxygen atoms in total. The van der Waals surface area contributed by atoms with Gasteiger partial charge >= 0.3 is 0 Å². The molecule has 5 rings (SSSR count). The van der Waals surface area contributed by atoms with Crippen molar-refractivity contribution >= 4 is 23.6 Å². The lowest BCUT2D eigenvalue weighted by atomic mass is 9.93. The van der Waals surface area contributed by atoms with Crippen LogP contribution < -0.4 is 15.3 Å². The standard InChI is InChI=1S/C25H20NOP/c1-26-23-17-10-16-21(19-11-4-2-5-12-19)25(23)22-15-8-9-18-24(22)28(26,27)20-13-6-3-7-14-20/h2-18H,1H3. The van der Waals surface area contributed by atoms with Crippen molar-refractivity contribution < 1.29 is 4.57 Å². The molecule has 0 aromatic heterocycles. The first-order valence-corrected chi connectivity index (χ1v) is 11.1. The van der Waals surface area contributed by atoms with Crippen LogP contribution in [0.2, 0.25) is 0 Å². The molecule has 4 aromatic rings. The van der Waals surface area contributed by atoms with Crippen molar-refractivity contribution in [3.05, 3.63) is 103 Å². The average Bonchev–Trinajstić information content (AvgIpc) is 2.78. The van der Waals surface area contributed by atoms with Gasteiger partial charge in [0, 0.05) is 23.2 Å². The van der Waals surface area contributed by atoms with E-state index in [1.54, 1.807) is 0 Å². The van der Waals surface area contributed by atoms with Gasteiger partial charge in [-0.1, -0.05) is 78.9 Å². The van der Waals surface area contributed by atoms with Crippen LogP contribution in [0.1, 0.15) is 0 Å². The van der Waals surface area contributed by atoms with E-state index in [0.717, 1.165) is 33.0 Å². The summed E-state index contributed by atoms with van der Waals surface area (Å²) in [7, 11) is -1.00. The van der Waals surface area contributed by atoms with Gasteiger partial charge in [0.1, 0.15) is 0 Å². The van der Waals surface area contributed by atoms with Gasteiger partial charge in [0.2, 0.25) is 7.29 Å². The molecule has 1 atom stereocenters. The van der Waals surface area contributed by atoms with Crippen molar-refractivity contribution in [3.63, 3.8) is 0 Å². The van der Waals surface area contributed by atoms with Crippen molar-refractivity contribution in [1.82, 2.24) is 0 Å². The summed E-state index contributed by atoms with van der Waals surface area (Å²) in [6, 6.07) is 34.7. The van der Waals surface area contributed by atoms with Gasteiger partial charge < -0.3 is 4.67 Å². The van der Waals surface area contributed by atoms with Crippen molar-refractivity contribution in [2.75, 3.05) is 11.7 Å². The lowest BCUT2D eigenvalue weighted by molar-refractivity contribution is 0.586. The Hall–Kier alpha value is -3.09. The van der Waals surface area contributed by atoms with Crippen molar-refractivity contribution in [2.45, 2.75) is 0 Å². The molecule has 0 N–H and O–H groups in total. The Balaban J connectivity index is 1.85. The van der Waals surface area contributed by atoms with E-state index in [1.807, 2.05) is 66.3 Å². The number of anilines is 1. The second-order valence-electron chi connectivity index (χ2n) is 7.02.